The molecule has 21 heavy (non-hydrogen) atoms. The van der Waals surface area contributed by atoms with E-state index >= 15 is 0 Å². The second-order valence-corrected chi connectivity index (χ2v) is 6.04. The van der Waals surface area contributed by atoms with Crippen molar-refractivity contribution < 1.29 is 19.4 Å². The van der Waals surface area contributed by atoms with Crippen LogP contribution in [-0.2, 0) is 9.53 Å². The maximum absolute atomic E-state index is 12.4. The summed E-state index contributed by atoms with van der Waals surface area (Å²) in [4.78, 5) is 25.5. The Morgan fingerprint density at radius 3 is 2.81 bits per heavy atom. The summed E-state index contributed by atoms with van der Waals surface area (Å²) in [6.07, 6.45) is 4.52. The molecule has 0 aliphatic carbocycles. The molecule has 1 amide bonds. The lowest BCUT2D eigenvalue weighted by molar-refractivity contribution is -0.131. The first-order chi connectivity index (χ1) is 10.1. The number of amides is 1. The first kappa shape index (κ1) is 15.7. The number of carbonyl (C=O) groups is 2. The summed E-state index contributed by atoms with van der Waals surface area (Å²) in [6.45, 7) is 2.26. The Morgan fingerprint density at radius 2 is 2.19 bits per heavy atom. The lowest BCUT2D eigenvalue weighted by Crippen LogP contribution is -2.39. The number of methoxy groups -OCH3 is 1. The second kappa shape index (κ2) is 7.38. The number of piperidine rings is 1. The Morgan fingerprint density at radius 1 is 1.48 bits per heavy atom. The van der Waals surface area contributed by atoms with E-state index in [1.165, 1.54) is 17.4 Å². The fourth-order valence-corrected chi connectivity index (χ4v) is 3.20. The average molecular weight is 309 g/mol. The highest BCUT2D eigenvalue weighted by Gasteiger charge is 2.23. The molecule has 5 nitrogen and oxygen atoms in total. The lowest BCUT2D eigenvalue weighted by Gasteiger charge is -2.31. The Bertz CT molecular complexity index is 530. The van der Waals surface area contributed by atoms with E-state index in [1.54, 1.807) is 18.6 Å². The first-order valence-electron chi connectivity index (χ1n) is 6.88. The van der Waals surface area contributed by atoms with Gasteiger partial charge >= 0.3 is 5.97 Å². The molecular formula is C15H19NO4S. The van der Waals surface area contributed by atoms with Crippen molar-refractivity contribution in [2.75, 3.05) is 26.8 Å². The summed E-state index contributed by atoms with van der Waals surface area (Å²) in [5.41, 5.74) is 0.634. The highest BCUT2D eigenvalue weighted by molar-refractivity contribution is 7.11. The number of likely N-dealkylation sites (tertiary alicyclic amines) is 1. The number of hydrogen-bond acceptors (Lipinski definition) is 4. The zero-order chi connectivity index (χ0) is 15.2. The number of carbonyl (C=O) groups excluding carboxylic acids is 1. The number of carboxylic acids is 1. The summed E-state index contributed by atoms with van der Waals surface area (Å²) in [6, 6.07) is 1.74. The van der Waals surface area contributed by atoms with Crippen molar-refractivity contribution >= 4 is 29.3 Å². The Kier molecular flexibility index (Phi) is 5.52. The molecule has 1 aliphatic heterocycles. The quantitative estimate of drug-likeness (QED) is 0.848. The minimum atomic E-state index is -0.989. The number of carboxylic acid groups (broad SMARTS) is 1. The van der Waals surface area contributed by atoms with Crippen LogP contribution in [-0.4, -0.2) is 48.7 Å². The fourth-order valence-electron chi connectivity index (χ4n) is 2.43. The molecule has 0 saturated carbocycles. The van der Waals surface area contributed by atoms with E-state index < -0.39 is 5.97 Å². The van der Waals surface area contributed by atoms with Gasteiger partial charge in [-0.3, -0.25) is 4.79 Å². The van der Waals surface area contributed by atoms with Crippen molar-refractivity contribution in [3.8, 4) is 0 Å². The summed E-state index contributed by atoms with van der Waals surface area (Å²) in [5.74, 6) is -0.427. The third-order valence-corrected chi connectivity index (χ3v) is 4.46. The molecule has 2 rings (SSSR count). The highest BCUT2D eigenvalue weighted by atomic mass is 32.1. The van der Waals surface area contributed by atoms with Gasteiger partial charge in [-0.15, -0.1) is 11.3 Å². The standard InChI is InChI=1S/C15H19NO4S/c1-20-9-11-4-6-16(7-5-11)15(19)12-8-13(21-10-12)2-3-14(17)18/h2-3,8,10-11H,4-7,9H2,1H3,(H,17,18). The van der Waals surface area contributed by atoms with E-state index in [4.69, 9.17) is 9.84 Å². The SMILES string of the molecule is COCC1CCN(C(=O)c2csc(C=CC(=O)O)c2)CC1. The van der Waals surface area contributed by atoms with Gasteiger partial charge in [0, 0.05) is 43.1 Å². The van der Waals surface area contributed by atoms with Gasteiger partial charge in [0.2, 0.25) is 0 Å². The molecule has 1 aliphatic rings. The molecule has 0 radical (unpaired) electrons. The molecule has 114 valence electrons. The van der Waals surface area contributed by atoms with Crippen molar-refractivity contribution in [3.05, 3.63) is 28.0 Å². The van der Waals surface area contributed by atoms with Gasteiger partial charge in [-0.2, -0.15) is 0 Å². The highest BCUT2D eigenvalue weighted by Crippen LogP contribution is 2.22. The van der Waals surface area contributed by atoms with Crippen molar-refractivity contribution in [1.82, 2.24) is 4.90 Å². The molecule has 2 heterocycles. The molecule has 6 heteroatoms. The van der Waals surface area contributed by atoms with Crippen LogP contribution in [0.4, 0.5) is 0 Å². The number of nitrogens with zero attached hydrogens (tertiary/aromatic N) is 1. The topological polar surface area (TPSA) is 66.8 Å². The molecule has 1 fully saturated rings. The third-order valence-electron chi connectivity index (χ3n) is 3.56. The number of rotatable bonds is 5. The lowest BCUT2D eigenvalue weighted by atomic mass is 9.97. The summed E-state index contributed by atoms with van der Waals surface area (Å²) in [7, 11) is 1.70. The van der Waals surface area contributed by atoms with Crippen LogP contribution in [0.1, 0.15) is 28.1 Å². The van der Waals surface area contributed by atoms with Gasteiger partial charge < -0.3 is 14.7 Å². The van der Waals surface area contributed by atoms with Crippen LogP contribution in [0.5, 0.6) is 0 Å². The summed E-state index contributed by atoms with van der Waals surface area (Å²) in [5, 5.41) is 10.4. The number of hydrogen-bond donors (Lipinski definition) is 1. The van der Waals surface area contributed by atoms with E-state index in [2.05, 4.69) is 0 Å². The van der Waals surface area contributed by atoms with Crippen LogP contribution >= 0.6 is 11.3 Å². The Hall–Kier alpha value is -1.66. The normalized spacial score (nSPS) is 16.5. The van der Waals surface area contributed by atoms with Gasteiger partial charge in [-0.05, 0) is 30.9 Å². The molecule has 0 spiro atoms. The molecular weight excluding hydrogens is 290 g/mol. The molecule has 0 unspecified atom stereocenters. The van der Waals surface area contributed by atoms with E-state index in [-0.39, 0.29) is 5.91 Å². The van der Waals surface area contributed by atoms with Crippen LogP contribution < -0.4 is 0 Å². The van der Waals surface area contributed by atoms with Crippen LogP contribution in [0.3, 0.4) is 0 Å². The zero-order valence-corrected chi connectivity index (χ0v) is 12.8. The second-order valence-electron chi connectivity index (χ2n) is 5.10. The minimum Gasteiger partial charge on any atom is -0.478 e. The number of ether oxygens (including phenoxy) is 1. The maximum atomic E-state index is 12.4. The summed E-state index contributed by atoms with van der Waals surface area (Å²) < 4.78 is 5.15. The van der Waals surface area contributed by atoms with Crippen molar-refractivity contribution in [2.45, 2.75) is 12.8 Å². The van der Waals surface area contributed by atoms with E-state index in [1.807, 2.05) is 4.90 Å². The first-order valence-corrected chi connectivity index (χ1v) is 7.76. The predicted octanol–water partition coefficient (Wildman–Crippen LogP) is 2.34. The van der Waals surface area contributed by atoms with E-state index in [0.717, 1.165) is 43.5 Å². The summed E-state index contributed by atoms with van der Waals surface area (Å²) >= 11 is 1.37. The predicted molar refractivity (Wildman–Crippen MR) is 81.5 cm³/mol. The average Bonchev–Trinajstić information content (AvgIpc) is 2.94. The largest absolute Gasteiger partial charge is 0.478 e. The van der Waals surface area contributed by atoms with Crippen molar-refractivity contribution in [3.63, 3.8) is 0 Å². The van der Waals surface area contributed by atoms with E-state index in [9.17, 15) is 9.59 Å². The number of aliphatic carboxylic acids is 1. The molecule has 1 N–H and O–H groups in total. The monoisotopic (exact) mass is 309 g/mol. The van der Waals surface area contributed by atoms with Crippen molar-refractivity contribution in [2.24, 2.45) is 5.92 Å². The Labute approximate surface area is 127 Å². The molecule has 1 aromatic rings. The van der Waals surface area contributed by atoms with Gasteiger partial charge in [0.05, 0.1) is 5.56 Å². The molecule has 0 atom stereocenters. The van der Waals surface area contributed by atoms with Gasteiger partial charge in [-0.1, -0.05) is 0 Å². The van der Waals surface area contributed by atoms with Crippen LogP contribution in [0.2, 0.25) is 0 Å². The van der Waals surface area contributed by atoms with Crippen LogP contribution in [0, 0.1) is 5.92 Å². The molecule has 1 aromatic heterocycles. The number of thiophene rings is 1. The van der Waals surface area contributed by atoms with Crippen LogP contribution in [0.15, 0.2) is 17.5 Å². The van der Waals surface area contributed by atoms with Gasteiger partial charge in [0.25, 0.3) is 5.91 Å². The van der Waals surface area contributed by atoms with Gasteiger partial charge in [0.15, 0.2) is 0 Å². The fraction of sp³-hybridized carbons (Fsp3) is 0.467. The van der Waals surface area contributed by atoms with Gasteiger partial charge in [0.1, 0.15) is 0 Å². The van der Waals surface area contributed by atoms with Gasteiger partial charge in [-0.25, -0.2) is 4.79 Å². The zero-order valence-electron chi connectivity index (χ0n) is 11.9. The molecule has 0 aromatic carbocycles. The smallest absolute Gasteiger partial charge is 0.328 e. The minimum absolute atomic E-state index is 0.0251. The third kappa shape index (κ3) is 4.41. The molecule has 0 bridgehead atoms. The van der Waals surface area contributed by atoms with Crippen molar-refractivity contribution in [1.29, 1.82) is 0 Å². The molecule has 1 saturated heterocycles. The Balaban J connectivity index is 1.93. The van der Waals surface area contributed by atoms with Crippen LogP contribution in [0.25, 0.3) is 6.08 Å². The van der Waals surface area contributed by atoms with E-state index in [0.29, 0.717) is 11.5 Å². The maximum Gasteiger partial charge on any atom is 0.328 e.